The maximum absolute atomic E-state index is 11.9. The number of rotatable bonds is 9. The topological polar surface area (TPSA) is 88.5 Å². The van der Waals surface area contributed by atoms with Gasteiger partial charge in [-0.1, -0.05) is 6.07 Å². The van der Waals surface area contributed by atoms with E-state index < -0.39 is 5.60 Å². The van der Waals surface area contributed by atoms with Gasteiger partial charge >= 0.3 is 5.97 Å². The molecule has 9 heteroatoms. The molecule has 3 rings (SSSR count). The number of amidine groups is 1. The summed E-state index contributed by atoms with van der Waals surface area (Å²) in [6.45, 7) is 9.86. The molecule has 0 saturated carbocycles. The van der Waals surface area contributed by atoms with Crippen molar-refractivity contribution in [2.24, 2.45) is 4.99 Å². The van der Waals surface area contributed by atoms with Gasteiger partial charge in [0.25, 0.3) is 0 Å². The number of benzene rings is 1. The molecule has 0 aliphatic carbocycles. The van der Waals surface area contributed by atoms with Crippen LogP contribution in [0.4, 0.5) is 0 Å². The minimum absolute atomic E-state index is 0.206. The van der Waals surface area contributed by atoms with E-state index in [0.29, 0.717) is 32.6 Å². The molecule has 7 nitrogen and oxygen atoms in total. The summed E-state index contributed by atoms with van der Waals surface area (Å²) >= 11 is 3.26. The highest BCUT2D eigenvalue weighted by atomic mass is 32.1. The van der Waals surface area contributed by atoms with E-state index in [1.54, 1.807) is 22.7 Å². The van der Waals surface area contributed by atoms with Crippen LogP contribution >= 0.6 is 22.7 Å². The van der Waals surface area contributed by atoms with Gasteiger partial charge < -0.3 is 15.4 Å². The molecule has 0 atom stereocenters. The number of nitrogens with one attached hydrogen (secondary N) is 2. The normalized spacial score (nSPS) is 12.3. The van der Waals surface area contributed by atoms with Crippen molar-refractivity contribution in [1.29, 1.82) is 0 Å². The Bertz CT molecular complexity index is 1040. The second-order valence-electron chi connectivity index (χ2n) is 8.17. The molecule has 0 unspecified atom stereocenters. The lowest BCUT2D eigenvalue weighted by molar-refractivity contribution is -0.154. The quantitative estimate of drug-likeness (QED) is 0.217. The summed E-state index contributed by atoms with van der Waals surface area (Å²) in [7, 11) is 0. The predicted molar refractivity (Wildman–Crippen MR) is 128 cm³/mol. The van der Waals surface area contributed by atoms with Crippen LogP contribution in [0.15, 0.2) is 34.1 Å². The van der Waals surface area contributed by atoms with Crippen LogP contribution in [-0.4, -0.2) is 40.5 Å². The molecule has 2 heterocycles. The predicted octanol–water partition coefficient (Wildman–Crippen LogP) is 4.07. The first-order chi connectivity index (χ1) is 14.8. The van der Waals surface area contributed by atoms with Crippen LogP contribution in [0.5, 0.6) is 0 Å². The van der Waals surface area contributed by atoms with Gasteiger partial charge in [-0.2, -0.15) is 0 Å². The second kappa shape index (κ2) is 10.8. The summed E-state index contributed by atoms with van der Waals surface area (Å²) in [6.07, 6.45) is 0.318. The summed E-state index contributed by atoms with van der Waals surface area (Å²) in [5.41, 5.74) is 4.56. The molecule has 2 N–H and O–H groups in total. The van der Waals surface area contributed by atoms with Crippen LogP contribution in [0.2, 0.25) is 0 Å². The zero-order valence-electron chi connectivity index (χ0n) is 18.4. The van der Waals surface area contributed by atoms with Crippen LogP contribution < -0.4 is 10.6 Å². The highest BCUT2D eigenvalue weighted by molar-refractivity contribution is 7.16. The number of hydrogen-bond acceptors (Lipinski definition) is 8. The van der Waals surface area contributed by atoms with Crippen molar-refractivity contribution in [1.82, 2.24) is 20.6 Å². The Morgan fingerprint density at radius 3 is 2.84 bits per heavy atom. The maximum Gasteiger partial charge on any atom is 0.307 e. The van der Waals surface area contributed by atoms with Gasteiger partial charge in [0.15, 0.2) is 0 Å². The highest BCUT2D eigenvalue weighted by Crippen LogP contribution is 2.19. The Labute approximate surface area is 191 Å². The number of carbonyl (C=O) groups excluding carboxylic acids is 1. The standard InChI is InChI=1S/C22H29N5O2S2/c1-15-13-30-20(27-15)12-25-19(11-23-8-7-21(28)29-22(2,3)4)24-10-16-5-6-17-18(9-16)31-14-26-17/h5-6,9,13-14,23H,7-8,10-12H2,1-4H3,(H,24,25). The summed E-state index contributed by atoms with van der Waals surface area (Å²) < 4.78 is 6.51. The summed E-state index contributed by atoms with van der Waals surface area (Å²) in [6, 6.07) is 6.22. The summed E-state index contributed by atoms with van der Waals surface area (Å²) in [5.74, 6) is 0.629. The van der Waals surface area contributed by atoms with E-state index in [4.69, 9.17) is 9.73 Å². The molecular formula is C22H29N5O2S2. The number of nitrogens with zero attached hydrogens (tertiary/aromatic N) is 3. The van der Waals surface area contributed by atoms with Crippen molar-refractivity contribution in [2.45, 2.75) is 52.8 Å². The molecule has 0 bridgehead atoms. The molecule has 0 aliphatic heterocycles. The molecule has 166 valence electrons. The van der Waals surface area contributed by atoms with Gasteiger partial charge in [0.1, 0.15) is 16.4 Å². The summed E-state index contributed by atoms with van der Waals surface area (Å²) in [5, 5.41) is 9.73. The number of carbonyl (C=O) groups is 1. The average molecular weight is 460 g/mol. The van der Waals surface area contributed by atoms with Crippen LogP contribution in [0.1, 0.15) is 43.5 Å². The van der Waals surface area contributed by atoms with Crippen molar-refractivity contribution < 1.29 is 9.53 Å². The smallest absolute Gasteiger partial charge is 0.307 e. The molecule has 3 aromatic rings. The Morgan fingerprint density at radius 1 is 1.26 bits per heavy atom. The van der Waals surface area contributed by atoms with Crippen molar-refractivity contribution >= 4 is 44.7 Å². The van der Waals surface area contributed by atoms with Gasteiger partial charge in [-0.3, -0.25) is 9.79 Å². The maximum atomic E-state index is 11.9. The lowest BCUT2D eigenvalue weighted by Crippen LogP contribution is -2.35. The highest BCUT2D eigenvalue weighted by Gasteiger charge is 2.15. The number of fused-ring (bicyclic) bond motifs is 1. The van der Waals surface area contributed by atoms with E-state index in [2.05, 4.69) is 32.7 Å². The van der Waals surface area contributed by atoms with E-state index >= 15 is 0 Å². The van der Waals surface area contributed by atoms with Crippen molar-refractivity contribution in [2.75, 3.05) is 13.1 Å². The molecule has 0 spiro atoms. The molecule has 0 saturated heterocycles. The number of esters is 1. The van der Waals surface area contributed by atoms with Gasteiger partial charge in [-0.15, -0.1) is 22.7 Å². The monoisotopic (exact) mass is 459 g/mol. The van der Waals surface area contributed by atoms with Gasteiger partial charge in [0.05, 0.1) is 41.8 Å². The number of hydrogen-bond donors (Lipinski definition) is 2. The van der Waals surface area contributed by atoms with E-state index in [-0.39, 0.29) is 5.97 Å². The Balaban J connectivity index is 1.56. The Hall–Kier alpha value is -2.36. The summed E-state index contributed by atoms with van der Waals surface area (Å²) in [4.78, 5) is 25.5. The van der Waals surface area contributed by atoms with Gasteiger partial charge in [0.2, 0.25) is 0 Å². The van der Waals surface area contributed by atoms with E-state index in [0.717, 1.165) is 32.3 Å². The number of aryl methyl sites for hydroxylation is 1. The zero-order valence-corrected chi connectivity index (χ0v) is 20.0. The lowest BCUT2D eigenvalue weighted by Gasteiger charge is -2.19. The molecule has 0 aliphatic rings. The minimum atomic E-state index is -0.462. The van der Waals surface area contributed by atoms with E-state index in [1.165, 1.54) is 0 Å². The number of aromatic nitrogens is 2. The average Bonchev–Trinajstić information content (AvgIpc) is 3.33. The fourth-order valence-electron chi connectivity index (χ4n) is 2.81. The molecule has 1 aromatic carbocycles. The Kier molecular flexibility index (Phi) is 8.11. The lowest BCUT2D eigenvalue weighted by atomic mass is 10.2. The molecule has 2 aromatic heterocycles. The second-order valence-corrected chi connectivity index (χ2v) is 10.00. The number of aliphatic imine (C=N–C) groups is 1. The number of thiazole rings is 2. The Morgan fingerprint density at radius 2 is 2.10 bits per heavy atom. The fourth-order valence-corrected chi connectivity index (χ4v) is 4.26. The van der Waals surface area contributed by atoms with Crippen LogP contribution in [0, 0.1) is 6.92 Å². The minimum Gasteiger partial charge on any atom is -0.460 e. The number of ether oxygens (including phenoxy) is 1. The first kappa shape index (κ1) is 23.3. The zero-order chi connectivity index (χ0) is 22.3. The third-order valence-electron chi connectivity index (χ3n) is 4.18. The SMILES string of the molecule is Cc1csc(CNC(CNCCC(=O)OC(C)(C)C)=NCc2ccc3ncsc3c2)n1. The van der Waals surface area contributed by atoms with Crippen LogP contribution in [0.3, 0.4) is 0 Å². The van der Waals surface area contributed by atoms with E-state index in [9.17, 15) is 4.79 Å². The van der Waals surface area contributed by atoms with Gasteiger partial charge in [-0.25, -0.2) is 9.97 Å². The largest absolute Gasteiger partial charge is 0.460 e. The van der Waals surface area contributed by atoms with Gasteiger partial charge in [0, 0.05) is 17.6 Å². The third-order valence-corrected chi connectivity index (χ3v) is 5.94. The molecular weight excluding hydrogens is 430 g/mol. The van der Waals surface area contributed by atoms with Crippen LogP contribution in [-0.2, 0) is 22.6 Å². The van der Waals surface area contributed by atoms with Crippen molar-refractivity contribution in [3.8, 4) is 0 Å². The van der Waals surface area contributed by atoms with Crippen molar-refractivity contribution in [3.63, 3.8) is 0 Å². The third kappa shape index (κ3) is 8.01. The molecule has 0 amide bonds. The molecule has 31 heavy (non-hydrogen) atoms. The van der Waals surface area contributed by atoms with E-state index in [1.807, 2.05) is 44.7 Å². The first-order valence-corrected chi connectivity index (χ1v) is 12.0. The molecule has 0 fully saturated rings. The first-order valence-electron chi connectivity index (χ1n) is 10.2. The van der Waals surface area contributed by atoms with Gasteiger partial charge in [-0.05, 0) is 45.4 Å². The van der Waals surface area contributed by atoms with Crippen molar-refractivity contribution in [3.05, 3.63) is 45.4 Å². The molecule has 0 radical (unpaired) electrons. The fraction of sp³-hybridized carbons (Fsp3) is 0.455. The van der Waals surface area contributed by atoms with Crippen LogP contribution in [0.25, 0.3) is 10.2 Å².